The third-order valence-electron chi connectivity index (χ3n) is 3.09. The van der Waals surface area contributed by atoms with Gasteiger partial charge in [-0.3, -0.25) is 0 Å². The quantitative estimate of drug-likeness (QED) is 0.354. The molecule has 1 saturated carbocycles. The maximum absolute atomic E-state index is 11.3. The molecular formula is C10H14O3. The Hall–Kier alpha value is -0.990. The van der Waals surface area contributed by atoms with E-state index in [0.29, 0.717) is 12.0 Å². The molecule has 0 unspecified atom stereocenters. The fourth-order valence-electron chi connectivity index (χ4n) is 2.27. The Balaban J connectivity index is 2.10. The molecule has 13 heavy (non-hydrogen) atoms. The minimum absolute atomic E-state index is 0.177. The topological polar surface area (TPSA) is 46.5 Å². The Morgan fingerprint density at radius 3 is 2.54 bits per heavy atom. The van der Waals surface area contributed by atoms with Gasteiger partial charge in [-0.15, -0.1) is 0 Å². The molecule has 1 aliphatic carbocycles. The second-order valence-corrected chi connectivity index (χ2v) is 3.93. The molecule has 1 heterocycles. The average molecular weight is 182 g/mol. The Morgan fingerprint density at radius 1 is 1.31 bits per heavy atom. The van der Waals surface area contributed by atoms with Crippen molar-refractivity contribution in [1.29, 1.82) is 0 Å². The molecule has 2 fully saturated rings. The van der Waals surface area contributed by atoms with E-state index in [-0.39, 0.29) is 11.6 Å². The number of hydrogen-bond donors (Lipinski definition) is 1. The zero-order chi connectivity index (χ0) is 9.31. The zero-order valence-electron chi connectivity index (χ0n) is 7.58. The van der Waals surface area contributed by atoms with Gasteiger partial charge >= 0.3 is 5.97 Å². The monoisotopic (exact) mass is 182 g/mol. The van der Waals surface area contributed by atoms with E-state index >= 15 is 0 Å². The molecule has 0 amide bonds. The van der Waals surface area contributed by atoms with Crippen LogP contribution in [0.4, 0.5) is 0 Å². The number of hydrogen-bond acceptors (Lipinski definition) is 3. The molecule has 72 valence electrons. The highest BCUT2D eigenvalue weighted by atomic mass is 16.6. The highest BCUT2D eigenvalue weighted by molar-refractivity contribution is 5.89. The lowest BCUT2D eigenvalue weighted by atomic mass is 9.90. The Labute approximate surface area is 77.4 Å². The van der Waals surface area contributed by atoms with Gasteiger partial charge in [-0.25, -0.2) is 4.79 Å². The molecule has 0 aromatic carbocycles. The Kier molecular flexibility index (Phi) is 2.02. The fourth-order valence-corrected chi connectivity index (χ4v) is 2.27. The summed E-state index contributed by atoms with van der Waals surface area (Å²) in [6, 6.07) is 0. The lowest BCUT2D eigenvalue weighted by Gasteiger charge is -2.33. The van der Waals surface area contributed by atoms with Crippen molar-refractivity contribution >= 4 is 5.97 Å². The summed E-state index contributed by atoms with van der Waals surface area (Å²) in [7, 11) is 0. The van der Waals surface area contributed by atoms with Gasteiger partial charge < -0.3 is 9.84 Å². The summed E-state index contributed by atoms with van der Waals surface area (Å²) in [5.74, 6) is -0.323. The van der Waals surface area contributed by atoms with Crippen LogP contribution in [0.3, 0.4) is 0 Å². The van der Waals surface area contributed by atoms with Gasteiger partial charge in [0, 0.05) is 0 Å². The molecule has 1 N–H and O–H groups in total. The van der Waals surface area contributed by atoms with Crippen LogP contribution in [0.15, 0.2) is 11.8 Å². The van der Waals surface area contributed by atoms with Gasteiger partial charge in [-0.2, -0.15) is 0 Å². The summed E-state index contributed by atoms with van der Waals surface area (Å²) in [5.41, 5.74) is 0.237. The maximum atomic E-state index is 11.3. The summed E-state index contributed by atoms with van der Waals surface area (Å²) in [5, 5.41) is 8.73. The van der Waals surface area contributed by atoms with Crippen molar-refractivity contribution in [2.45, 2.75) is 44.1 Å². The zero-order valence-corrected chi connectivity index (χ0v) is 7.58. The minimum Gasteiger partial charge on any atom is -0.515 e. The molecule has 1 spiro atoms. The predicted molar refractivity (Wildman–Crippen MR) is 47.2 cm³/mol. The van der Waals surface area contributed by atoms with Crippen LogP contribution in [0.2, 0.25) is 0 Å². The SMILES string of the molecule is O=C1OC2(CCCC2)CC/C1=C/O. The van der Waals surface area contributed by atoms with Crippen molar-refractivity contribution < 1.29 is 14.6 Å². The first kappa shape index (κ1) is 8.60. The highest BCUT2D eigenvalue weighted by Crippen LogP contribution is 2.41. The van der Waals surface area contributed by atoms with Crippen LogP contribution >= 0.6 is 0 Å². The largest absolute Gasteiger partial charge is 0.515 e. The molecule has 0 atom stereocenters. The van der Waals surface area contributed by atoms with Gasteiger partial charge in [-0.1, -0.05) is 0 Å². The first-order valence-electron chi connectivity index (χ1n) is 4.82. The molecule has 1 aliphatic heterocycles. The van der Waals surface area contributed by atoms with Gasteiger partial charge in [-0.05, 0) is 38.5 Å². The number of carbonyl (C=O) groups is 1. The lowest BCUT2D eigenvalue weighted by molar-refractivity contribution is -0.159. The molecule has 0 aromatic heterocycles. The summed E-state index contributed by atoms with van der Waals surface area (Å²) < 4.78 is 5.37. The third-order valence-corrected chi connectivity index (χ3v) is 3.09. The van der Waals surface area contributed by atoms with Crippen LogP contribution in [0.1, 0.15) is 38.5 Å². The molecule has 3 nitrogen and oxygen atoms in total. The van der Waals surface area contributed by atoms with Crippen LogP contribution < -0.4 is 0 Å². The van der Waals surface area contributed by atoms with Crippen molar-refractivity contribution in [3.63, 3.8) is 0 Å². The van der Waals surface area contributed by atoms with E-state index in [0.717, 1.165) is 38.4 Å². The standard InChI is InChI=1S/C10H14O3/c11-7-8-3-6-10(13-9(8)12)4-1-2-5-10/h7,11H,1-6H2/b8-7-. The van der Waals surface area contributed by atoms with Gasteiger partial charge in [0.2, 0.25) is 0 Å². The second kappa shape index (κ2) is 3.05. The summed E-state index contributed by atoms with van der Waals surface area (Å²) in [6.45, 7) is 0. The van der Waals surface area contributed by atoms with E-state index in [2.05, 4.69) is 0 Å². The summed E-state index contributed by atoms with van der Waals surface area (Å²) in [4.78, 5) is 11.3. The third kappa shape index (κ3) is 1.43. The van der Waals surface area contributed by atoms with Gasteiger partial charge in [0.15, 0.2) is 0 Å². The Morgan fingerprint density at radius 2 is 2.00 bits per heavy atom. The average Bonchev–Trinajstić information content (AvgIpc) is 2.54. The smallest absolute Gasteiger partial charge is 0.337 e. The van der Waals surface area contributed by atoms with Gasteiger partial charge in [0.05, 0.1) is 11.8 Å². The lowest BCUT2D eigenvalue weighted by Crippen LogP contribution is -2.36. The number of carbonyl (C=O) groups excluding carboxylic acids is 1. The molecule has 2 rings (SSSR count). The maximum Gasteiger partial charge on any atom is 0.337 e. The van der Waals surface area contributed by atoms with Crippen molar-refractivity contribution in [1.82, 2.24) is 0 Å². The summed E-state index contributed by atoms with van der Waals surface area (Å²) >= 11 is 0. The molecule has 0 radical (unpaired) electrons. The van der Waals surface area contributed by atoms with Crippen molar-refractivity contribution in [3.8, 4) is 0 Å². The molecule has 0 aromatic rings. The van der Waals surface area contributed by atoms with Crippen LogP contribution in [0, 0.1) is 0 Å². The molecule has 1 saturated heterocycles. The predicted octanol–water partition coefficient (Wildman–Crippen LogP) is 2.08. The number of rotatable bonds is 0. The van der Waals surface area contributed by atoms with E-state index in [1.165, 1.54) is 0 Å². The van der Waals surface area contributed by atoms with Gasteiger partial charge in [0.1, 0.15) is 5.60 Å². The first-order chi connectivity index (χ1) is 6.26. The van der Waals surface area contributed by atoms with Crippen molar-refractivity contribution in [2.24, 2.45) is 0 Å². The number of esters is 1. The van der Waals surface area contributed by atoms with E-state index in [1.807, 2.05) is 0 Å². The van der Waals surface area contributed by atoms with E-state index < -0.39 is 0 Å². The molecule has 2 aliphatic rings. The number of aliphatic hydroxyl groups is 1. The van der Waals surface area contributed by atoms with E-state index in [4.69, 9.17) is 9.84 Å². The van der Waals surface area contributed by atoms with Gasteiger partial charge in [0.25, 0.3) is 0 Å². The number of aliphatic hydroxyl groups excluding tert-OH is 1. The fraction of sp³-hybridized carbons (Fsp3) is 0.700. The van der Waals surface area contributed by atoms with E-state index in [1.54, 1.807) is 0 Å². The highest BCUT2D eigenvalue weighted by Gasteiger charge is 2.41. The van der Waals surface area contributed by atoms with Crippen molar-refractivity contribution in [2.75, 3.05) is 0 Å². The second-order valence-electron chi connectivity index (χ2n) is 3.93. The molecule has 0 bridgehead atoms. The van der Waals surface area contributed by atoms with Crippen LogP contribution in [0.5, 0.6) is 0 Å². The first-order valence-corrected chi connectivity index (χ1v) is 4.82. The van der Waals surface area contributed by atoms with Crippen LogP contribution in [-0.4, -0.2) is 16.7 Å². The van der Waals surface area contributed by atoms with Crippen molar-refractivity contribution in [3.05, 3.63) is 11.8 Å². The van der Waals surface area contributed by atoms with Crippen LogP contribution in [-0.2, 0) is 9.53 Å². The normalized spacial score (nSPS) is 29.5. The van der Waals surface area contributed by atoms with Crippen LogP contribution in [0.25, 0.3) is 0 Å². The molecular weight excluding hydrogens is 168 g/mol. The minimum atomic E-state index is -0.323. The Bertz CT molecular complexity index is 249. The van der Waals surface area contributed by atoms with E-state index in [9.17, 15) is 4.79 Å². The summed E-state index contributed by atoms with van der Waals surface area (Å²) in [6.07, 6.45) is 6.73. The molecule has 3 heteroatoms. The number of ether oxygens (including phenoxy) is 1.